The molecule has 0 aromatic rings. The van der Waals surface area contributed by atoms with Gasteiger partial charge in [-0.05, 0) is 13.8 Å². The number of amides is 2. The smallest absolute Gasteiger partial charge is 0.328 e. The number of carboxylic acids is 2. The summed E-state index contributed by atoms with van der Waals surface area (Å²) < 4.78 is 0. The second-order valence-corrected chi connectivity index (χ2v) is 4.50. The van der Waals surface area contributed by atoms with Crippen molar-refractivity contribution in [2.24, 2.45) is 5.73 Å². The van der Waals surface area contributed by atoms with E-state index >= 15 is 0 Å². The number of carbonyl (C=O) groups is 4. The molecule has 4 atom stereocenters. The fraction of sp³-hybridized carbons (Fsp3) is 0.636. The number of aliphatic carboxylic acids is 2. The van der Waals surface area contributed by atoms with Crippen LogP contribution in [0.4, 0.5) is 0 Å². The summed E-state index contributed by atoms with van der Waals surface area (Å²) in [4.78, 5) is 44.4. The van der Waals surface area contributed by atoms with Gasteiger partial charge in [-0.1, -0.05) is 0 Å². The van der Waals surface area contributed by atoms with Crippen LogP contribution in [0.2, 0.25) is 0 Å². The molecule has 0 saturated carbocycles. The molecule has 2 amide bonds. The zero-order chi connectivity index (χ0) is 16.7. The van der Waals surface area contributed by atoms with Crippen LogP contribution in [0, 0.1) is 0 Å². The van der Waals surface area contributed by atoms with E-state index in [1.165, 1.54) is 13.8 Å². The summed E-state index contributed by atoms with van der Waals surface area (Å²) in [6, 6.07) is -3.99. The highest BCUT2D eigenvalue weighted by Crippen LogP contribution is 1.96. The monoisotopic (exact) mass is 305 g/mol. The standard InChI is InChI=1S/C11H19N3O7/c1-4(13-10(19)6(12)3-7(16)17)9(18)14-8(5(2)15)11(20)21/h4-6,8,15H,3,12H2,1-2H3,(H,13,19)(H,14,18)(H,16,17)(H,20,21). The van der Waals surface area contributed by atoms with Crippen molar-refractivity contribution in [3.05, 3.63) is 0 Å². The van der Waals surface area contributed by atoms with Crippen LogP contribution < -0.4 is 16.4 Å². The molecular weight excluding hydrogens is 286 g/mol. The van der Waals surface area contributed by atoms with Gasteiger partial charge in [0.1, 0.15) is 6.04 Å². The molecular formula is C11H19N3O7. The normalized spacial score (nSPS) is 16.2. The molecule has 7 N–H and O–H groups in total. The van der Waals surface area contributed by atoms with Gasteiger partial charge in [-0.15, -0.1) is 0 Å². The Kier molecular flexibility index (Phi) is 7.31. The lowest BCUT2D eigenvalue weighted by molar-refractivity contribution is -0.145. The number of aliphatic hydroxyl groups excluding tert-OH is 1. The van der Waals surface area contributed by atoms with E-state index in [-0.39, 0.29) is 0 Å². The van der Waals surface area contributed by atoms with E-state index in [2.05, 4.69) is 5.32 Å². The van der Waals surface area contributed by atoms with Gasteiger partial charge in [-0.25, -0.2) is 4.79 Å². The highest BCUT2D eigenvalue weighted by molar-refractivity contribution is 5.92. The molecule has 10 heteroatoms. The molecule has 0 aliphatic carbocycles. The Hall–Kier alpha value is -2.20. The Labute approximate surface area is 120 Å². The van der Waals surface area contributed by atoms with Crippen LogP contribution in [0.3, 0.4) is 0 Å². The number of aliphatic hydroxyl groups is 1. The van der Waals surface area contributed by atoms with Gasteiger partial charge in [0, 0.05) is 0 Å². The minimum absolute atomic E-state index is 0.606. The molecule has 120 valence electrons. The highest BCUT2D eigenvalue weighted by Gasteiger charge is 2.28. The maximum Gasteiger partial charge on any atom is 0.328 e. The van der Waals surface area contributed by atoms with E-state index in [0.29, 0.717) is 0 Å². The topological polar surface area (TPSA) is 179 Å². The number of carbonyl (C=O) groups excluding carboxylic acids is 2. The quantitative estimate of drug-likeness (QED) is 0.279. The fourth-order valence-corrected chi connectivity index (χ4v) is 1.33. The van der Waals surface area contributed by atoms with E-state index in [1.54, 1.807) is 0 Å². The van der Waals surface area contributed by atoms with Crippen molar-refractivity contribution in [1.29, 1.82) is 0 Å². The number of nitrogens with two attached hydrogens (primary N) is 1. The van der Waals surface area contributed by atoms with Gasteiger partial charge >= 0.3 is 11.9 Å². The van der Waals surface area contributed by atoms with Crippen LogP contribution in [0.1, 0.15) is 20.3 Å². The zero-order valence-corrected chi connectivity index (χ0v) is 11.6. The SMILES string of the molecule is CC(NC(=O)C(N)CC(=O)O)C(=O)NC(C(=O)O)C(C)O. The van der Waals surface area contributed by atoms with Gasteiger partial charge < -0.3 is 31.7 Å². The average molecular weight is 305 g/mol. The van der Waals surface area contributed by atoms with E-state index in [0.717, 1.165) is 0 Å². The lowest BCUT2D eigenvalue weighted by Gasteiger charge is -2.21. The Morgan fingerprint density at radius 1 is 1.05 bits per heavy atom. The third-order valence-electron chi connectivity index (χ3n) is 2.53. The van der Waals surface area contributed by atoms with Crippen molar-refractivity contribution in [2.75, 3.05) is 0 Å². The van der Waals surface area contributed by atoms with Crippen molar-refractivity contribution in [3.8, 4) is 0 Å². The summed E-state index contributed by atoms with van der Waals surface area (Å²) in [6.45, 7) is 2.45. The summed E-state index contributed by atoms with van der Waals surface area (Å²) in [5, 5.41) is 30.7. The molecule has 0 fully saturated rings. The van der Waals surface area contributed by atoms with E-state index in [4.69, 9.17) is 15.9 Å². The molecule has 0 saturated heterocycles. The van der Waals surface area contributed by atoms with Gasteiger partial charge in [0.2, 0.25) is 11.8 Å². The van der Waals surface area contributed by atoms with Crippen LogP contribution in [-0.4, -0.2) is 63.3 Å². The van der Waals surface area contributed by atoms with Crippen LogP contribution in [0.5, 0.6) is 0 Å². The summed E-state index contributed by atoms with van der Waals surface area (Å²) >= 11 is 0. The number of carboxylic acid groups (broad SMARTS) is 2. The third kappa shape index (κ3) is 6.68. The molecule has 4 unspecified atom stereocenters. The van der Waals surface area contributed by atoms with Crippen molar-refractivity contribution >= 4 is 23.8 Å². The van der Waals surface area contributed by atoms with Crippen LogP contribution >= 0.6 is 0 Å². The fourth-order valence-electron chi connectivity index (χ4n) is 1.33. The van der Waals surface area contributed by atoms with Crippen LogP contribution in [0.25, 0.3) is 0 Å². The van der Waals surface area contributed by atoms with Gasteiger partial charge in [0.05, 0.1) is 18.6 Å². The lowest BCUT2D eigenvalue weighted by Crippen LogP contribution is -2.55. The molecule has 0 bridgehead atoms. The minimum Gasteiger partial charge on any atom is -0.481 e. The van der Waals surface area contributed by atoms with Crippen molar-refractivity contribution in [3.63, 3.8) is 0 Å². The molecule has 0 spiro atoms. The largest absolute Gasteiger partial charge is 0.481 e. The minimum atomic E-state index is -1.52. The second-order valence-electron chi connectivity index (χ2n) is 4.50. The first kappa shape index (κ1) is 18.8. The first-order chi connectivity index (χ1) is 9.56. The number of rotatable bonds is 8. The lowest BCUT2D eigenvalue weighted by atomic mass is 10.1. The zero-order valence-electron chi connectivity index (χ0n) is 11.6. The average Bonchev–Trinajstić information content (AvgIpc) is 2.33. The predicted molar refractivity (Wildman–Crippen MR) is 69.1 cm³/mol. The highest BCUT2D eigenvalue weighted by atomic mass is 16.4. The molecule has 0 rings (SSSR count). The Bertz CT molecular complexity index is 424. The molecule has 0 aliphatic heterocycles. The number of hydrogen-bond acceptors (Lipinski definition) is 6. The first-order valence-corrected chi connectivity index (χ1v) is 6.05. The van der Waals surface area contributed by atoms with E-state index in [9.17, 15) is 24.3 Å². The van der Waals surface area contributed by atoms with Gasteiger partial charge in [-0.2, -0.15) is 0 Å². The van der Waals surface area contributed by atoms with Crippen molar-refractivity contribution in [1.82, 2.24) is 10.6 Å². The molecule has 0 aliphatic rings. The molecule has 21 heavy (non-hydrogen) atoms. The van der Waals surface area contributed by atoms with Gasteiger partial charge in [0.15, 0.2) is 6.04 Å². The Morgan fingerprint density at radius 2 is 1.57 bits per heavy atom. The molecule has 0 aromatic heterocycles. The molecule has 0 radical (unpaired) electrons. The van der Waals surface area contributed by atoms with Gasteiger partial charge in [0.25, 0.3) is 0 Å². The summed E-state index contributed by atoms with van der Waals surface area (Å²) in [5.41, 5.74) is 5.31. The number of hydrogen-bond donors (Lipinski definition) is 6. The van der Waals surface area contributed by atoms with Crippen LogP contribution in [-0.2, 0) is 19.2 Å². The predicted octanol–water partition coefficient (Wildman–Crippen LogP) is -2.76. The van der Waals surface area contributed by atoms with Crippen molar-refractivity contribution in [2.45, 2.75) is 44.5 Å². The van der Waals surface area contributed by atoms with Gasteiger partial charge in [-0.3, -0.25) is 14.4 Å². The summed E-state index contributed by atoms with van der Waals surface area (Å²) in [7, 11) is 0. The molecule has 0 aromatic carbocycles. The Morgan fingerprint density at radius 3 is 1.95 bits per heavy atom. The summed E-state index contributed by atoms with van der Waals surface area (Å²) in [6.07, 6.45) is -1.94. The maximum atomic E-state index is 11.7. The number of nitrogens with one attached hydrogen (secondary N) is 2. The molecule has 0 heterocycles. The third-order valence-corrected chi connectivity index (χ3v) is 2.53. The van der Waals surface area contributed by atoms with Crippen molar-refractivity contribution < 1.29 is 34.5 Å². The Balaban J connectivity index is 4.54. The summed E-state index contributed by atoms with van der Waals surface area (Å²) in [5.74, 6) is -4.41. The molecule has 10 nitrogen and oxygen atoms in total. The van der Waals surface area contributed by atoms with E-state index in [1.807, 2.05) is 5.32 Å². The van der Waals surface area contributed by atoms with Crippen LogP contribution in [0.15, 0.2) is 0 Å². The first-order valence-electron chi connectivity index (χ1n) is 6.05. The van der Waals surface area contributed by atoms with E-state index < -0.39 is 54.4 Å². The second kappa shape index (κ2) is 8.17. The maximum absolute atomic E-state index is 11.7.